The molecule has 34 heteroatoms. The van der Waals surface area contributed by atoms with Gasteiger partial charge in [0.05, 0.1) is 175 Å². The van der Waals surface area contributed by atoms with Gasteiger partial charge < -0.3 is 94.6 Å². The molecule has 2 N–H and O–H groups in total. The number of Topliss-reactive ketones (excluding diaryl/α,β-unsaturated/α-hetero) is 2. The highest BCUT2D eigenvalue weighted by atomic mass is 31.2. The molecule has 748 valence electrons. The second kappa shape index (κ2) is 57.9. The molecule has 0 spiro atoms. The molecule has 0 aliphatic rings. The van der Waals surface area contributed by atoms with Gasteiger partial charge in [-0.05, 0) is 144 Å². The summed E-state index contributed by atoms with van der Waals surface area (Å²) in [7, 11) is 1.77. The van der Waals surface area contributed by atoms with Gasteiger partial charge in [-0.3, -0.25) is 18.7 Å². The lowest BCUT2D eigenvalue weighted by Gasteiger charge is -2.25. The molecule has 0 aliphatic carbocycles. The molecule has 133 heavy (non-hydrogen) atoms. The summed E-state index contributed by atoms with van der Waals surface area (Å²) in [6.07, 6.45) is 0.200. The minimum Gasteiger partial charge on any atom is -0.461 e. The normalized spacial score (nSPS) is 12.9. The predicted octanol–water partition coefficient (Wildman–Crippen LogP) is 17.8. The van der Waals surface area contributed by atoms with Gasteiger partial charge in [-0.2, -0.15) is 0 Å². The molecule has 0 saturated carbocycles. The maximum atomic E-state index is 12.4. The van der Waals surface area contributed by atoms with Crippen molar-refractivity contribution in [3.8, 4) is 0 Å². The molecule has 0 bridgehead atoms. The van der Waals surface area contributed by atoms with Gasteiger partial charge in [0, 0.05) is 104 Å². The molecular formula is C99H150O32P2. The lowest BCUT2D eigenvalue weighted by atomic mass is 9.86. The van der Waals surface area contributed by atoms with E-state index in [0.717, 1.165) is 0 Å². The molecule has 5 aromatic carbocycles. The van der Waals surface area contributed by atoms with E-state index in [4.69, 9.17) is 94.6 Å². The molecule has 0 heterocycles. The Morgan fingerprint density at radius 3 is 0.699 bits per heavy atom. The fraction of sp³-hybridized carbons (Fsp3) is 0.596. The van der Waals surface area contributed by atoms with Gasteiger partial charge in [-0.25, -0.2) is 38.4 Å². The molecule has 2 atom stereocenters. The van der Waals surface area contributed by atoms with Crippen LogP contribution in [0.15, 0.2) is 121 Å². The largest absolute Gasteiger partial charge is 0.461 e. The first-order valence-electron chi connectivity index (χ1n) is 43.6. The van der Waals surface area contributed by atoms with Crippen molar-refractivity contribution in [2.75, 3.05) is 174 Å². The maximum Gasteiger partial charge on any atom is 0.338 e. The lowest BCUT2D eigenvalue weighted by Crippen LogP contribution is -2.32. The second-order valence-electron chi connectivity index (χ2n) is 39.2. The number of aliphatic hydroxyl groups excluding tert-OH is 2. The van der Waals surface area contributed by atoms with Crippen molar-refractivity contribution in [1.82, 2.24) is 0 Å². The minimum absolute atomic E-state index is 0.0233. The zero-order chi connectivity index (χ0) is 102. The Hall–Kier alpha value is -8.82. The molecule has 0 aliphatic heterocycles. The third-order valence-corrected chi connectivity index (χ3v) is 20.9. The van der Waals surface area contributed by atoms with E-state index in [9.17, 15) is 57.1 Å². The third kappa shape index (κ3) is 52.2. The van der Waals surface area contributed by atoms with Gasteiger partial charge in [-0.15, -0.1) is 0 Å². The number of esters is 8. The molecule has 0 fully saturated rings. The summed E-state index contributed by atoms with van der Waals surface area (Å²) in [5.41, 5.74) is 0.181. The van der Waals surface area contributed by atoms with Crippen LogP contribution in [0.25, 0.3) is 0 Å². The molecule has 32 nitrogen and oxygen atoms in total. The van der Waals surface area contributed by atoms with Crippen LogP contribution in [0.5, 0.6) is 0 Å². The number of rotatable bonds is 52. The van der Waals surface area contributed by atoms with Crippen LogP contribution in [-0.2, 0) is 93.5 Å². The molecule has 0 amide bonds. The number of aliphatic hydroxyl groups is 2. The van der Waals surface area contributed by atoms with Gasteiger partial charge in [0.2, 0.25) is 0 Å². The zero-order valence-corrected chi connectivity index (χ0v) is 85.6. The van der Waals surface area contributed by atoms with Crippen LogP contribution >= 0.6 is 15.2 Å². The Kier molecular flexibility index (Phi) is 53.2. The fourth-order valence-electron chi connectivity index (χ4n) is 10.8. The van der Waals surface area contributed by atoms with Crippen molar-refractivity contribution >= 4 is 74.5 Å². The quantitative estimate of drug-likeness (QED) is 0.0158. The van der Waals surface area contributed by atoms with E-state index in [0.29, 0.717) is 95.1 Å². The Morgan fingerprint density at radius 2 is 0.481 bits per heavy atom. The van der Waals surface area contributed by atoms with Crippen molar-refractivity contribution in [2.24, 2.45) is 43.3 Å². The number of ketones is 2. The highest BCUT2D eigenvalue weighted by Gasteiger charge is 2.32. The average molecular weight is 1910 g/mol. The summed E-state index contributed by atoms with van der Waals surface area (Å²) in [4.78, 5) is 121. The number of benzene rings is 5. The first-order valence-corrected chi connectivity index (χ1v) is 47.6. The zero-order valence-electron chi connectivity index (χ0n) is 83.8. The molecule has 0 radical (unpaired) electrons. The van der Waals surface area contributed by atoms with Crippen molar-refractivity contribution in [3.05, 3.63) is 177 Å². The summed E-state index contributed by atoms with van der Waals surface area (Å²) in [6, 6.07) is 31.0. The number of carbonyl (C=O) groups excluding carboxylic acids is 10. The van der Waals surface area contributed by atoms with Gasteiger partial charge in [0.25, 0.3) is 0 Å². The third-order valence-electron chi connectivity index (χ3n) is 18.3. The number of ether oxygens (including phenoxy) is 14. The van der Waals surface area contributed by atoms with E-state index in [-0.39, 0.29) is 132 Å². The van der Waals surface area contributed by atoms with Gasteiger partial charge in [0.1, 0.15) is 6.61 Å². The van der Waals surface area contributed by atoms with Crippen LogP contribution in [0.4, 0.5) is 0 Å². The van der Waals surface area contributed by atoms with E-state index >= 15 is 0 Å². The van der Waals surface area contributed by atoms with Crippen LogP contribution in [0, 0.1) is 43.3 Å². The Labute approximate surface area is 787 Å². The molecular weight excluding hydrogens is 1760 g/mol. The predicted molar refractivity (Wildman–Crippen MR) is 504 cm³/mol. The second-order valence-corrected chi connectivity index (χ2v) is 43.3. The summed E-state index contributed by atoms with van der Waals surface area (Å²) < 4.78 is 118. The summed E-state index contributed by atoms with van der Waals surface area (Å²) in [5, 5.41) is 18.3. The van der Waals surface area contributed by atoms with Crippen LogP contribution in [-0.4, -0.2) is 256 Å². The van der Waals surface area contributed by atoms with E-state index in [1.165, 1.54) is 110 Å². The van der Waals surface area contributed by atoms with Crippen molar-refractivity contribution < 1.29 is 152 Å². The Bertz CT molecular complexity index is 4360. The number of methoxy groups -OCH3 is 5. The average Bonchev–Trinajstić information content (AvgIpc) is 0.854. The molecule has 0 aromatic heterocycles. The van der Waals surface area contributed by atoms with Gasteiger partial charge in [-0.1, -0.05) is 135 Å². The van der Waals surface area contributed by atoms with Crippen molar-refractivity contribution in [3.63, 3.8) is 0 Å². The summed E-state index contributed by atoms with van der Waals surface area (Å²) >= 11 is 0. The number of carbonyl (C=O) groups is 10. The molecule has 5 aromatic rings. The monoisotopic (exact) mass is 1910 g/mol. The van der Waals surface area contributed by atoms with E-state index < -0.39 is 90.2 Å². The topological polar surface area (TPSA) is 411 Å². The first kappa shape index (κ1) is 122. The number of hydrogen-bond acceptors (Lipinski definition) is 32. The highest BCUT2D eigenvalue weighted by Crippen LogP contribution is 2.46. The molecule has 5 rings (SSSR count). The van der Waals surface area contributed by atoms with Crippen LogP contribution < -0.4 is 0 Å². The van der Waals surface area contributed by atoms with E-state index in [1.807, 2.05) is 96.9 Å². The fourth-order valence-corrected chi connectivity index (χ4v) is 13.1. The van der Waals surface area contributed by atoms with Crippen LogP contribution in [0.2, 0.25) is 0 Å². The minimum atomic E-state index is -3.12. The Balaban J connectivity index is 0.000000837. The van der Waals surface area contributed by atoms with E-state index in [2.05, 4.69) is 0 Å². The Morgan fingerprint density at radius 1 is 0.278 bits per heavy atom. The molecule has 0 saturated heterocycles. The first-order chi connectivity index (χ1) is 61.6. The van der Waals surface area contributed by atoms with Crippen LogP contribution in [0.1, 0.15) is 262 Å². The van der Waals surface area contributed by atoms with Crippen molar-refractivity contribution in [2.45, 2.75) is 170 Å². The molecule has 2 unspecified atom stereocenters. The van der Waals surface area contributed by atoms with Crippen molar-refractivity contribution in [1.29, 1.82) is 0 Å². The smallest absolute Gasteiger partial charge is 0.338 e. The summed E-state index contributed by atoms with van der Waals surface area (Å²) in [5.74, 6) is -3.94. The number of hydrogen-bond donors (Lipinski definition) is 2. The standard InChI is InChI=1S/2C22H35O8P.C20H30O5.C19H28O6.C16H22O5/c2*1-8-29-31(7,25)30-16-22(4,5)15-28-20(24)18-11-9-17(10-12-18)19(23)27-14-21(2,3)13-26-6;1-19(2,13-23-5)11-17(21)15-7-9-16(10-8-15)18(22)12-25-20(3,4)14-24-6;1-18(2,10-20)12-24-16(21)14-6-8-15(9-7-14)17(22)25-13-19(3,4)11-23-5;1-11(2)21-15(19)13-7-5-12(6-8-13)14(18)20-10-16(3,4)9-17/h2*9-12H,8,13-16H2,1-7H3;7-10H,11-14H2,1-6H3;6-9,20H,10-13H2,1-5H3;5-8,11,17H,9-10H2,1-4H3. The van der Waals surface area contributed by atoms with Gasteiger partial charge >= 0.3 is 62.9 Å². The maximum absolute atomic E-state index is 12.4. The van der Waals surface area contributed by atoms with Gasteiger partial charge in [0.15, 0.2) is 11.6 Å². The lowest BCUT2D eigenvalue weighted by molar-refractivity contribution is -0.0561. The highest BCUT2D eigenvalue weighted by molar-refractivity contribution is 7.53. The summed E-state index contributed by atoms with van der Waals surface area (Å²) in [6.45, 7) is 47.7. The van der Waals surface area contributed by atoms with E-state index in [1.54, 1.807) is 115 Å². The SMILES string of the molecule is CC(C)OC(=O)c1ccc(C(=O)OCC(C)(C)CO)cc1.CCOP(C)(=O)OCC(C)(C)COC(=O)c1ccc(C(=O)OCC(C)(C)COC)cc1.CCOP(C)(=O)OCC(C)(C)COC(=O)c1ccc(C(=O)OCC(C)(C)COC)cc1.COCC(C)(C)CC(=O)c1ccc(C(=O)COC(C)(C)COC)cc1.COCC(C)(C)COC(=O)c1ccc(C(=O)OCC(C)(C)CO)cc1. The van der Waals surface area contributed by atoms with Crippen LogP contribution in [0.3, 0.4) is 0 Å².